The summed E-state index contributed by atoms with van der Waals surface area (Å²) in [6.07, 6.45) is 0. The molecule has 7 heteroatoms. The van der Waals surface area contributed by atoms with Crippen molar-refractivity contribution in [1.82, 2.24) is 0 Å². The number of halogens is 1. The molecule has 0 aromatic heterocycles. The fraction of sp³-hybridized carbons (Fsp3) is 0.333. The second-order valence-electron chi connectivity index (χ2n) is 3.84. The predicted octanol–water partition coefficient (Wildman–Crippen LogP) is 2.62. The molecule has 1 saturated heterocycles. The van der Waals surface area contributed by atoms with E-state index in [1.807, 2.05) is 11.8 Å². The Bertz CT molecular complexity index is 473. The molecule has 0 aliphatic carbocycles. The number of thioether (sulfide) groups is 2. The van der Waals surface area contributed by atoms with Gasteiger partial charge in [0.25, 0.3) is 0 Å². The van der Waals surface area contributed by atoms with Crippen LogP contribution in [-0.4, -0.2) is 34.3 Å². The summed E-state index contributed by atoms with van der Waals surface area (Å²) >= 11 is 9.30. The van der Waals surface area contributed by atoms with Gasteiger partial charge < -0.3 is 10.6 Å². The highest BCUT2D eigenvalue weighted by Crippen LogP contribution is 2.24. The fourth-order valence-corrected chi connectivity index (χ4v) is 4.16. The predicted molar refractivity (Wildman–Crippen MR) is 82.1 cm³/mol. The highest BCUT2D eigenvalue weighted by molar-refractivity contribution is 8.07. The highest BCUT2D eigenvalue weighted by Gasteiger charge is 2.19. The molecule has 0 radical (unpaired) electrons. The molecule has 1 aromatic carbocycles. The maximum Gasteiger partial charge on any atom is 0.365 e. The molecule has 0 amide bonds. The van der Waals surface area contributed by atoms with Crippen molar-refractivity contribution in [1.29, 1.82) is 0 Å². The summed E-state index contributed by atoms with van der Waals surface area (Å²) in [5.74, 6) is 2.89. The second-order valence-corrected chi connectivity index (χ2v) is 6.73. The molecule has 2 N–H and O–H groups in total. The lowest BCUT2D eigenvalue weighted by Gasteiger charge is -2.19. The van der Waals surface area contributed by atoms with Gasteiger partial charge in [-0.05, 0) is 24.3 Å². The van der Waals surface area contributed by atoms with Crippen LogP contribution in [0.25, 0.3) is 0 Å². The molecule has 0 unspecified atom stereocenters. The van der Waals surface area contributed by atoms with Crippen LogP contribution < -0.4 is 5.73 Å². The van der Waals surface area contributed by atoms with Crippen LogP contribution in [-0.2, 0) is 4.84 Å². The Balaban J connectivity index is 1.93. The Morgan fingerprint density at radius 3 is 2.74 bits per heavy atom. The Labute approximate surface area is 125 Å². The lowest BCUT2D eigenvalue weighted by molar-refractivity contribution is 0.0515. The lowest BCUT2D eigenvalue weighted by Crippen LogP contribution is -2.31. The first-order valence-electron chi connectivity index (χ1n) is 5.66. The molecule has 102 valence electrons. The van der Waals surface area contributed by atoms with Gasteiger partial charge in [-0.3, -0.25) is 0 Å². The molecule has 1 heterocycles. The minimum absolute atomic E-state index is 0.122. The topological polar surface area (TPSA) is 64.7 Å². The maximum absolute atomic E-state index is 11.7. The smallest absolute Gasteiger partial charge is 0.365 e. The number of hydrogen-bond acceptors (Lipinski definition) is 5. The number of benzene rings is 1. The Morgan fingerprint density at radius 1 is 1.37 bits per heavy atom. The van der Waals surface area contributed by atoms with Crippen LogP contribution in [0.3, 0.4) is 0 Å². The van der Waals surface area contributed by atoms with Crippen LogP contribution >= 0.6 is 35.1 Å². The standard InChI is InChI=1S/C12H13ClN2O2S2/c13-9-3-1-8(2-4-9)12(16)17-15-11(14)10-7-18-5-6-19-10/h1-4,10H,5-7H2,(H2,14,15)/t10-/m0/s1. The van der Waals surface area contributed by atoms with Crippen LogP contribution in [0.2, 0.25) is 5.02 Å². The van der Waals surface area contributed by atoms with E-state index in [0.29, 0.717) is 16.4 Å². The Morgan fingerprint density at radius 2 is 2.11 bits per heavy atom. The van der Waals surface area contributed by atoms with Crippen LogP contribution in [0, 0.1) is 0 Å². The van der Waals surface area contributed by atoms with Crippen LogP contribution in [0.4, 0.5) is 0 Å². The van der Waals surface area contributed by atoms with E-state index in [4.69, 9.17) is 22.2 Å². The summed E-state index contributed by atoms with van der Waals surface area (Å²) in [7, 11) is 0. The van der Waals surface area contributed by atoms with Crippen molar-refractivity contribution < 1.29 is 9.63 Å². The first-order chi connectivity index (χ1) is 9.16. The lowest BCUT2D eigenvalue weighted by atomic mass is 10.2. The third-order valence-electron chi connectivity index (χ3n) is 2.46. The quantitative estimate of drug-likeness (QED) is 0.402. The van der Waals surface area contributed by atoms with Gasteiger partial charge >= 0.3 is 5.97 Å². The third-order valence-corrected chi connectivity index (χ3v) is 5.49. The molecule has 1 aliphatic rings. The maximum atomic E-state index is 11.7. The van der Waals surface area contributed by atoms with Gasteiger partial charge in [0.1, 0.15) is 0 Å². The molecular weight excluding hydrogens is 304 g/mol. The minimum atomic E-state index is -0.534. The first-order valence-corrected chi connectivity index (χ1v) is 8.24. The van der Waals surface area contributed by atoms with Gasteiger partial charge in [-0.2, -0.15) is 11.8 Å². The summed E-state index contributed by atoms with van der Waals surface area (Å²) in [4.78, 5) is 16.5. The fourth-order valence-electron chi connectivity index (χ4n) is 1.45. The average Bonchev–Trinajstić information content (AvgIpc) is 2.46. The number of nitrogens with two attached hydrogens (primary N) is 1. The van der Waals surface area contributed by atoms with E-state index in [1.165, 1.54) is 0 Å². The van der Waals surface area contributed by atoms with Gasteiger partial charge in [-0.1, -0.05) is 16.8 Å². The molecule has 2 rings (SSSR count). The van der Waals surface area contributed by atoms with E-state index >= 15 is 0 Å². The van der Waals surface area contributed by atoms with Gasteiger partial charge in [-0.25, -0.2) is 4.79 Å². The minimum Gasteiger partial charge on any atom is -0.383 e. The zero-order valence-electron chi connectivity index (χ0n) is 10.0. The summed E-state index contributed by atoms with van der Waals surface area (Å²) in [5.41, 5.74) is 6.21. The number of oxime groups is 1. The molecule has 0 bridgehead atoms. The number of carbonyl (C=O) groups excluding carboxylic acids is 1. The summed E-state index contributed by atoms with van der Waals surface area (Å²) < 4.78 is 0. The number of rotatable bonds is 3. The van der Waals surface area contributed by atoms with E-state index in [9.17, 15) is 4.79 Å². The van der Waals surface area contributed by atoms with Crippen LogP contribution in [0.1, 0.15) is 10.4 Å². The Kier molecular flexibility index (Phi) is 5.42. The van der Waals surface area contributed by atoms with Crippen molar-refractivity contribution in [3.05, 3.63) is 34.9 Å². The molecule has 19 heavy (non-hydrogen) atoms. The molecule has 0 spiro atoms. The molecular formula is C12H13ClN2O2S2. The Hall–Kier alpha value is -0.850. The third kappa shape index (κ3) is 4.33. The zero-order chi connectivity index (χ0) is 13.7. The number of carbonyl (C=O) groups is 1. The summed E-state index contributed by atoms with van der Waals surface area (Å²) in [5, 5.41) is 4.41. The largest absolute Gasteiger partial charge is 0.383 e. The molecule has 1 fully saturated rings. The van der Waals surface area contributed by atoms with E-state index in [1.54, 1.807) is 36.0 Å². The van der Waals surface area contributed by atoms with Gasteiger partial charge in [0, 0.05) is 22.3 Å². The van der Waals surface area contributed by atoms with Gasteiger partial charge in [0.05, 0.1) is 10.8 Å². The molecule has 1 atom stereocenters. The van der Waals surface area contributed by atoms with Gasteiger partial charge in [0.2, 0.25) is 0 Å². The highest BCUT2D eigenvalue weighted by atomic mass is 35.5. The SMILES string of the molecule is N/C(=N/OC(=O)c1ccc(Cl)cc1)[C@@H]1CSCCS1. The summed E-state index contributed by atoms with van der Waals surface area (Å²) in [6, 6.07) is 6.42. The number of amidine groups is 1. The van der Waals surface area contributed by atoms with E-state index in [-0.39, 0.29) is 5.25 Å². The van der Waals surface area contributed by atoms with Crippen LogP contribution in [0.5, 0.6) is 0 Å². The zero-order valence-corrected chi connectivity index (χ0v) is 12.4. The van der Waals surface area contributed by atoms with E-state index in [0.717, 1.165) is 17.3 Å². The number of hydrogen-bond donors (Lipinski definition) is 1. The van der Waals surface area contributed by atoms with Crippen molar-refractivity contribution in [2.75, 3.05) is 17.3 Å². The molecule has 4 nitrogen and oxygen atoms in total. The van der Waals surface area contributed by atoms with Gasteiger partial charge in [0.15, 0.2) is 5.84 Å². The van der Waals surface area contributed by atoms with Crippen LogP contribution in [0.15, 0.2) is 29.4 Å². The average molecular weight is 317 g/mol. The van der Waals surface area contributed by atoms with E-state index < -0.39 is 5.97 Å². The normalized spacial score (nSPS) is 20.1. The van der Waals surface area contributed by atoms with Crippen molar-refractivity contribution in [2.45, 2.75) is 5.25 Å². The van der Waals surface area contributed by atoms with Crippen molar-refractivity contribution in [2.24, 2.45) is 10.9 Å². The van der Waals surface area contributed by atoms with E-state index in [2.05, 4.69) is 5.16 Å². The monoisotopic (exact) mass is 316 g/mol. The molecule has 1 aliphatic heterocycles. The number of nitrogens with zero attached hydrogens (tertiary/aromatic N) is 1. The van der Waals surface area contributed by atoms with Crippen molar-refractivity contribution >= 4 is 46.9 Å². The molecule has 1 aromatic rings. The summed E-state index contributed by atoms with van der Waals surface area (Å²) in [6.45, 7) is 0. The van der Waals surface area contributed by atoms with Crippen molar-refractivity contribution in [3.63, 3.8) is 0 Å². The first kappa shape index (κ1) is 14.6. The van der Waals surface area contributed by atoms with Crippen molar-refractivity contribution in [3.8, 4) is 0 Å². The van der Waals surface area contributed by atoms with Gasteiger partial charge in [-0.15, -0.1) is 11.8 Å². The molecule has 0 saturated carbocycles. The second kappa shape index (κ2) is 7.07.